The summed E-state index contributed by atoms with van der Waals surface area (Å²) in [7, 11) is -3.94. The van der Waals surface area contributed by atoms with E-state index < -0.39 is 14.9 Å². The quantitative estimate of drug-likeness (QED) is 0.314. The van der Waals surface area contributed by atoms with Gasteiger partial charge in [0.15, 0.2) is 0 Å². The van der Waals surface area contributed by atoms with Gasteiger partial charge in [0.05, 0.1) is 15.4 Å². The van der Waals surface area contributed by atoms with E-state index in [9.17, 15) is 23.3 Å². The average Bonchev–Trinajstić information content (AvgIpc) is 2.92. The van der Waals surface area contributed by atoms with Crippen molar-refractivity contribution < 1.29 is 22.9 Å². The van der Waals surface area contributed by atoms with Crippen molar-refractivity contribution in [3.8, 4) is 5.75 Å². The number of hydrogen-bond donors (Lipinski definition) is 1. The predicted octanol–water partition coefficient (Wildman–Crippen LogP) is 3.54. The molecule has 3 aromatic rings. The minimum Gasteiger partial charge on any atom is -0.488 e. The van der Waals surface area contributed by atoms with Crippen LogP contribution in [0, 0.1) is 10.1 Å². The SMILES string of the molecule is NCc1ccc(COc2ccc(Br)cc2C(=O)N2CCN(S(=O)(=O)c3cccc([N+](=O)[O-])c3)CC2)cc1. The van der Waals surface area contributed by atoms with E-state index in [1.807, 2.05) is 24.3 Å². The number of rotatable bonds is 8. The molecule has 0 spiro atoms. The van der Waals surface area contributed by atoms with Crippen molar-refractivity contribution in [2.45, 2.75) is 18.0 Å². The Labute approximate surface area is 223 Å². The minimum absolute atomic E-state index is 0.0639. The fraction of sp³-hybridized carbons (Fsp3) is 0.240. The third-order valence-electron chi connectivity index (χ3n) is 6.02. The zero-order valence-corrected chi connectivity index (χ0v) is 22.2. The van der Waals surface area contributed by atoms with Crippen molar-refractivity contribution in [1.29, 1.82) is 0 Å². The van der Waals surface area contributed by atoms with Gasteiger partial charge in [0.2, 0.25) is 10.0 Å². The van der Waals surface area contributed by atoms with Crippen LogP contribution in [0.4, 0.5) is 5.69 Å². The Hall–Kier alpha value is -3.32. The molecule has 1 aliphatic rings. The molecule has 1 heterocycles. The van der Waals surface area contributed by atoms with Crippen molar-refractivity contribution in [3.63, 3.8) is 0 Å². The molecule has 1 fully saturated rings. The van der Waals surface area contributed by atoms with Gasteiger partial charge in [0.1, 0.15) is 12.4 Å². The van der Waals surface area contributed by atoms with Crippen LogP contribution in [-0.4, -0.2) is 54.6 Å². The van der Waals surface area contributed by atoms with Crippen LogP contribution in [0.3, 0.4) is 0 Å². The Morgan fingerprint density at radius 2 is 1.68 bits per heavy atom. The topological polar surface area (TPSA) is 136 Å². The normalized spacial score (nSPS) is 14.4. The lowest BCUT2D eigenvalue weighted by atomic mass is 10.1. The van der Waals surface area contributed by atoms with Crippen LogP contribution < -0.4 is 10.5 Å². The summed E-state index contributed by atoms with van der Waals surface area (Å²) < 4.78 is 34.0. The highest BCUT2D eigenvalue weighted by Crippen LogP contribution is 2.27. The number of carbonyl (C=O) groups is 1. The summed E-state index contributed by atoms with van der Waals surface area (Å²) in [4.78, 5) is 25.2. The summed E-state index contributed by atoms with van der Waals surface area (Å²) in [6.45, 7) is 1.18. The van der Waals surface area contributed by atoms with Crippen LogP contribution in [0.15, 0.2) is 76.1 Å². The first-order chi connectivity index (χ1) is 17.7. The van der Waals surface area contributed by atoms with Gasteiger partial charge < -0.3 is 15.4 Å². The number of carbonyl (C=O) groups excluding carboxylic acids is 1. The van der Waals surface area contributed by atoms with E-state index in [0.29, 0.717) is 22.3 Å². The van der Waals surface area contributed by atoms with E-state index in [1.165, 1.54) is 22.5 Å². The van der Waals surface area contributed by atoms with Crippen molar-refractivity contribution in [2.24, 2.45) is 5.73 Å². The van der Waals surface area contributed by atoms with Crippen molar-refractivity contribution in [1.82, 2.24) is 9.21 Å². The Kier molecular flexibility index (Phi) is 8.22. The van der Waals surface area contributed by atoms with Crippen molar-refractivity contribution in [3.05, 3.63) is 98.0 Å². The molecule has 0 saturated carbocycles. The van der Waals surface area contributed by atoms with Gasteiger partial charge in [-0.05, 0) is 35.4 Å². The Morgan fingerprint density at radius 1 is 1.00 bits per heavy atom. The number of nitrogens with two attached hydrogens (primary N) is 1. The Bertz CT molecular complexity index is 1410. The Morgan fingerprint density at radius 3 is 2.32 bits per heavy atom. The second-order valence-electron chi connectivity index (χ2n) is 8.40. The van der Waals surface area contributed by atoms with E-state index in [2.05, 4.69) is 15.9 Å². The predicted molar refractivity (Wildman–Crippen MR) is 141 cm³/mol. The van der Waals surface area contributed by atoms with Crippen molar-refractivity contribution >= 4 is 37.5 Å². The van der Waals surface area contributed by atoms with Crippen molar-refractivity contribution in [2.75, 3.05) is 26.2 Å². The summed E-state index contributed by atoms with van der Waals surface area (Å²) in [5, 5.41) is 11.0. The maximum Gasteiger partial charge on any atom is 0.270 e. The molecule has 0 unspecified atom stereocenters. The van der Waals surface area contributed by atoms with E-state index in [-0.39, 0.29) is 49.3 Å². The lowest BCUT2D eigenvalue weighted by Gasteiger charge is -2.34. The molecule has 194 valence electrons. The highest BCUT2D eigenvalue weighted by atomic mass is 79.9. The van der Waals surface area contributed by atoms with Crippen LogP contribution >= 0.6 is 15.9 Å². The number of nitro groups is 1. The van der Waals surface area contributed by atoms with Gasteiger partial charge in [-0.3, -0.25) is 14.9 Å². The fourth-order valence-electron chi connectivity index (χ4n) is 3.94. The number of halogens is 1. The number of benzene rings is 3. The molecule has 0 radical (unpaired) electrons. The highest BCUT2D eigenvalue weighted by molar-refractivity contribution is 9.10. The number of sulfonamides is 1. The molecule has 0 aromatic heterocycles. The summed E-state index contributed by atoms with van der Waals surface area (Å²) in [5.41, 5.74) is 7.65. The summed E-state index contributed by atoms with van der Waals surface area (Å²) >= 11 is 3.40. The minimum atomic E-state index is -3.94. The molecule has 1 amide bonds. The molecule has 2 N–H and O–H groups in total. The number of piperazine rings is 1. The lowest BCUT2D eigenvalue weighted by Crippen LogP contribution is -2.50. The van der Waals surface area contributed by atoms with E-state index in [4.69, 9.17) is 10.5 Å². The average molecular weight is 589 g/mol. The van der Waals surface area contributed by atoms with Gasteiger partial charge in [0, 0.05) is 49.3 Å². The first kappa shape index (κ1) is 26.7. The zero-order chi connectivity index (χ0) is 26.6. The van der Waals surface area contributed by atoms with Gasteiger partial charge >= 0.3 is 0 Å². The molecular weight excluding hydrogens is 564 g/mol. The maximum absolute atomic E-state index is 13.4. The molecule has 0 bridgehead atoms. The summed E-state index contributed by atoms with van der Waals surface area (Å²) in [6, 6.07) is 17.8. The number of ether oxygens (including phenoxy) is 1. The smallest absolute Gasteiger partial charge is 0.270 e. The molecule has 4 rings (SSSR count). The first-order valence-electron chi connectivity index (χ1n) is 11.4. The van der Waals surface area contributed by atoms with Gasteiger partial charge in [-0.2, -0.15) is 4.31 Å². The molecule has 37 heavy (non-hydrogen) atoms. The molecule has 3 aromatic carbocycles. The lowest BCUT2D eigenvalue weighted by molar-refractivity contribution is -0.385. The Balaban J connectivity index is 1.45. The standard InChI is InChI=1S/C25H25BrN4O6S/c26-20-8-9-24(36-17-19-6-4-18(16-27)5-7-19)23(14-20)25(31)28-10-12-29(13-11-28)37(34,35)22-3-1-2-21(15-22)30(32)33/h1-9,14-15H,10-13,16-17,27H2. The molecule has 1 saturated heterocycles. The monoisotopic (exact) mass is 588 g/mol. The number of amides is 1. The largest absolute Gasteiger partial charge is 0.488 e. The molecule has 12 heteroatoms. The molecule has 1 aliphatic heterocycles. The van der Waals surface area contributed by atoms with E-state index >= 15 is 0 Å². The first-order valence-corrected chi connectivity index (χ1v) is 13.7. The van der Waals surface area contributed by atoms with E-state index in [0.717, 1.165) is 17.2 Å². The number of nitro benzene ring substituents is 1. The van der Waals surface area contributed by atoms with E-state index in [1.54, 1.807) is 23.1 Å². The number of non-ortho nitro benzene ring substituents is 1. The van der Waals surface area contributed by atoms with Gasteiger partial charge in [-0.25, -0.2) is 8.42 Å². The maximum atomic E-state index is 13.4. The second-order valence-corrected chi connectivity index (χ2v) is 11.3. The molecule has 0 atom stereocenters. The van der Waals surface area contributed by atoms with Crippen LogP contribution in [0.1, 0.15) is 21.5 Å². The van der Waals surface area contributed by atoms with Crippen LogP contribution in [0.5, 0.6) is 5.75 Å². The third kappa shape index (κ3) is 6.16. The second kappa shape index (κ2) is 11.4. The summed E-state index contributed by atoms with van der Waals surface area (Å²) in [6.07, 6.45) is 0. The fourth-order valence-corrected chi connectivity index (χ4v) is 5.76. The summed E-state index contributed by atoms with van der Waals surface area (Å²) in [5.74, 6) is 0.143. The number of hydrogen-bond acceptors (Lipinski definition) is 7. The van der Waals surface area contributed by atoms with Crippen LogP contribution in [0.2, 0.25) is 0 Å². The highest BCUT2D eigenvalue weighted by Gasteiger charge is 2.32. The number of nitrogens with zero attached hydrogens (tertiary/aromatic N) is 3. The van der Waals surface area contributed by atoms with Crippen LogP contribution in [-0.2, 0) is 23.2 Å². The van der Waals surface area contributed by atoms with Gasteiger partial charge in [0.25, 0.3) is 11.6 Å². The molecule has 0 aliphatic carbocycles. The zero-order valence-electron chi connectivity index (χ0n) is 19.7. The third-order valence-corrected chi connectivity index (χ3v) is 8.40. The van der Waals surface area contributed by atoms with Crippen LogP contribution in [0.25, 0.3) is 0 Å². The van der Waals surface area contributed by atoms with Gasteiger partial charge in [-0.1, -0.05) is 46.3 Å². The molecular formula is C25H25BrN4O6S. The van der Waals surface area contributed by atoms with Gasteiger partial charge in [-0.15, -0.1) is 0 Å². The molecule has 10 nitrogen and oxygen atoms in total.